The molecule has 0 aromatic heterocycles. The Balaban J connectivity index is 4.26. The normalized spacial score (nSPS) is 9.57. The lowest BCUT2D eigenvalue weighted by atomic mass is 10.4. The predicted octanol–water partition coefficient (Wildman–Crippen LogP) is 0.597. The minimum Gasteiger partial charge on any atom is -0.478 e. The SMILES string of the molecule is CC#COC(=O)OC(C#CC)C(=O)O. The second-order valence-corrected chi connectivity index (χ2v) is 1.93. The summed E-state index contributed by atoms with van der Waals surface area (Å²) in [6.45, 7) is 2.88. The molecule has 1 unspecified atom stereocenters. The van der Waals surface area contributed by atoms with E-state index in [9.17, 15) is 9.59 Å². The number of carbonyl (C=O) groups excluding carboxylic acids is 1. The van der Waals surface area contributed by atoms with Crippen molar-refractivity contribution in [3.63, 3.8) is 0 Å². The molecule has 5 nitrogen and oxygen atoms in total. The second kappa shape index (κ2) is 6.38. The molecule has 1 N–H and O–H groups in total. The highest BCUT2D eigenvalue weighted by Crippen LogP contribution is 1.94. The van der Waals surface area contributed by atoms with E-state index in [1.807, 2.05) is 6.11 Å². The molecule has 1 atom stereocenters. The zero-order valence-corrected chi connectivity index (χ0v) is 7.66. The highest BCUT2D eigenvalue weighted by molar-refractivity contribution is 5.79. The Bertz CT molecular complexity index is 336. The van der Waals surface area contributed by atoms with Crippen LogP contribution in [0.3, 0.4) is 0 Å². The molecule has 0 bridgehead atoms. The number of hydrogen-bond acceptors (Lipinski definition) is 4. The summed E-state index contributed by atoms with van der Waals surface area (Å²) in [6.07, 6.45) is -0.739. The Kier molecular flexibility index (Phi) is 5.41. The standard InChI is InChI=1S/C9H8O5/c1-3-5-7(8(10)11)14-9(12)13-6-4-2/h7H,1-2H3,(H,10,11). The molecule has 0 saturated heterocycles. The third kappa shape index (κ3) is 4.68. The first-order chi connectivity index (χ1) is 6.61. The van der Waals surface area contributed by atoms with Gasteiger partial charge in [0.25, 0.3) is 6.10 Å². The van der Waals surface area contributed by atoms with Crippen LogP contribution in [0.25, 0.3) is 0 Å². The van der Waals surface area contributed by atoms with E-state index in [4.69, 9.17) is 5.11 Å². The quantitative estimate of drug-likeness (QED) is 0.517. The van der Waals surface area contributed by atoms with E-state index >= 15 is 0 Å². The average Bonchev–Trinajstić information content (AvgIpc) is 2.14. The van der Waals surface area contributed by atoms with E-state index in [2.05, 4.69) is 27.2 Å². The fourth-order valence-electron chi connectivity index (χ4n) is 0.486. The lowest BCUT2D eigenvalue weighted by Crippen LogP contribution is -2.25. The summed E-state index contributed by atoms with van der Waals surface area (Å²) in [6, 6.07) is 0. The van der Waals surface area contributed by atoms with Gasteiger partial charge in [0.1, 0.15) is 6.11 Å². The van der Waals surface area contributed by atoms with Crippen LogP contribution in [0.2, 0.25) is 0 Å². The molecule has 0 saturated carbocycles. The predicted molar refractivity (Wildman–Crippen MR) is 45.9 cm³/mol. The number of carboxylic acids is 1. The molecule has 0 radical (unpaired) electrons. The van der Waals surface area contributed by atoms with E-state index in [-0.39, 0.29) is 0 Å². The van der Waals surface area contributed by atoms with Gasteiger partial charge in [0, 0.05) is 6.92 Å². The summed E-state index contributed by atoms with van der Waals surface area (Å²) < 4.78 is 8.48. The Morgan fingerprint density at radius 3 is 2.36 bits per heavy atom. The van der Waals surface area contributed by atoms with Crippen LogP contribution in [-0.4, -0.2) is 23.3 Å². The van der Waals surface area contributed by atoms with Gasteiger partial charge >= 0.3 is 12.1 Å². The van der Waals surface area contributed by atoms with Gasteiger partial charge in [-0.2, -0.15) is 0 Å². The van der Waals surface area contributed by atoms with Crippen LogP contribution in [0.5, 0.6) is 0 Å². The van der Waals surface area contributed by atoms with Gasteiger partial charge < -0.3 is 14.6 Å². The van der Waals surface area contributed by atoms with Crippen molar-refractivity contribution in [3.05, 3.63) is 0 Å². The van der Waals surface area contributed by atoms with E-state index < -0.39 is 18.2 Å². The summed E-state index contributed by atoms with van der Waals surface area (Å²) in [5.74, 6) is 5.40. The van der Waals surface area contributed by atoms with Crippen molar-refractivity contribution in [2.45, 2.75) is 20.0 Å². The summed E-state index contributed by atoms with van der Waals surface area (Å²) in [5, 5.41) is 8.51. The number of aliphatic carboxylic acids is 1. The van der Waals surface area contributed by atoms with Crippen molar-refractivity contribution in [2.75, 3.05) is 0 Å². The molecule has 0 aliphatic heterocycles. The van der Waals surface area contributed by atoms with Gasteiger partial charge in [-0.15, -0.1) is 5.92 Å². The van der Waals surface area contributed by atoms with Crippen molar-refractivity contribution in [1.29, 1.82) is 0 Å². The molecular weight excluding hydrogens is 188 g/mol. The van der Waals surface area contributed by atoms with Crippen LogP contribution in [0.4, 0.5) is 4.79 Å². The van der Waals surface area contributed by atoms with Crippen LogP contribution >= 0.6 is 0 Å². The molecule has 0 spiro atoms. The molecule has 0 heterocycles. The first-order valence-corrected chi connectivity index (χ1v) is 3.56. The molecule has 0 aromatic carbocycles. The van der Waals surface area contributed by atoms with Gasteiger partial charge in [-0.25, -0.2) is 9.59 Å². The molecular formula is C9H8O5. The Hall–Kier alpha value is -2.14. The van der Waals surface area contributed by atoms with E-state index in [1.165, 1.54) is 13.8 Å². The molecule has 0 fully saturated rings. The molecule has 0 aliphatic rings. The van der Waals surface area contributed by atoms with Gasteiger partial charge in [-0.05, 0) is 12.8 Å². The van der Waals surface area contributed by atoms with Gasteiger partial charge in [0.05, 0.1) is 0 Å². The zero-order valence-electron chi connectivity index (χ0n) is 7.66. The summed E-state index contributed by atoms with van der Waals surface area (Å²) in [5.41, 5.74) is 0. The summed E-state index contributed by atoms with van der Waals surface area (Å²) >= 11 is 0. The number of carboxylic acid groups (broad SMARTS) is 1. The minimum atomic E-state index is -1.52. The van der Waals surface area contributed by atoms with Crippen molar-refractivity contribution in [2.24, 2.45) is 0 Å². The molecule has 0 rings (SSSR count). The first kappa shape index (κ1) is 11.9. The fraction of sp³-hybridized carbons (Fsp3) is 0.333. The average molecular weight is 196 g/mol. The van der Waals surface area contributed by atoms with Crippen LogP contribution in [-0.2, 0) is 14.3 Å². The van der Waals surface area contributed by atoms with Gasteiger partial charge in [0.15, 0.2) is 0 Å². The smallest absolute Gasteiger partial charge is 0.478 e. The topological polar surface area (TPSA) is 72.8 Å². The maximum atomic E-state index is 10.7. The van der Waals surface area contributed by atoms with Crippen LogP contribution < -0.4 is 0 Å². The van der Waals surface area contributed by atoms with E-state index in [0.29, 0.717) is 0 Å². The van der Waals surface area contributed by atoms with Crippen LogP contribution in [0.1, 0.15) is 13.8 Å². The number of rotatable bonds is 2. The lowest BCUT2D eigenvalue weighted by Gasteiger charge is -2.04. The summed E-state index contributed by atoms with van der Waals surface area (Å²) in [7, 11) is 0. The van der Waals surface area contributed by atoms with E-state index in [0.717, 1.165) is 0 Å². The largest absolute Gasteiger partial charge is 0.524 e. The van der Waals surface area contributed by atoms with Gasteiger partial charge in [-0.3, -0.25) is 0 Å². The van der Waals surface area contributed by atoms with Crippen molar-refractivity contribution >= 4 is 12.1 Å². The maximum absolute atomic E-state index is 10.7. The third-order valence-corrected chi connectivity index (χ3v) is 0.950. The molecule has 0 aromatic rings. The first-order valence-electron chi connectivity index (χ1n) is 3.56. The van der Waals surface area contributed by atoms with Gasteiger partial charge in [0.2, 0.25) is 0 Å². The second-order valence-electron chi connectivity index (χ2n) is 1.93. The summed E-state index contributed by atoms with van der Waals surface area (Å²) in [4.78, 5) is 21.1. The highest BCUT2D eigenvalue weighted by Gasteiger charge is 2.20. The molecule has 74 valence electrons. The number of carbonyl (C=O) groups is 2. The lowest BCUT2D eigenvalue weighted by molar-refractivity contribution is -0.144. The third-order valence-electron chi connectivity index (χ3n) is 0.950. The zero-order chi connectivity index (χ0) is 11.0. The van der Waals surface area contributed by atoms with Crippen molar-refractivity contribution in [3.8, 4) is 23.9 Å². The Morgan fingerprint density at radius 1 is 1.29 bits per heavy atom. The van der Waals surface area contributed by atoms with Crippen molar-refractivity contribution in [1.82, 2.24) is 0 Å². The molecule has 14 heavy (non-hydrogen) atoms. The highest BCUT2D eigenvalue weighted by atomic mass is 16.7. The van der Waals surface area contributed by atoms with Crippen molar-refractivity contribution < 1.29 is 24.2 Å². The monoisotopic (exact) mass is 196 g/mol. The fourth-order valence-corrected chi connectivity index (χ4v) is 0.486. The molecule has 0 aliphatic carbocycles. The van der Waals surface area contributed by atoms with Crippen LogP contribution in [0.15, 0.2) is 0 Å². The molecule has 5 heteroatoms. The van der Waals surface area contributed by atoms with E-state index in [1.54, 1.807) is 0 Å². The Labute approximate surface area is 81.0 Å². The number of ether oxygens (including phenoxy) is 2. The van der Waals surface area contributed by atoms with Gasteiger partial charge in [-0.1, -0.05) is 5.92 Å². The molecule has 0 amide bonds. The minimum absolute atomic E-state index is 1.19. The maximum Gasteiger partial charge on any atom is 0.524 e. The Morgan fingerprint density at radius 2 is 1.93 bits per heavy atom. The van der Waals surface area contributed by atoms with Crippen LogP contribution in [0, 0.1) is 23.9 Å². The number of hydrogen-bond donors (Lipinski definition) is 1.